The summed E-state index contributed by atoms with van der Waals surface area (Å²) in [5, 5.41) is 10.3. The number of nitrogens with one attached hydrogen (secondary N) is 2. The van der Waals surface area contributed by atoms with E-state index in [2.05, 4.69) is 20.7 Å². The number of fused-ring (bicyclic) bond motifs is 1. The van der Waals surface area contributed by atoms with Crippen LogP contribution in [-0.4, -0.2) is 44.8 Å². The first kappa shape index (κ1) is 24.8. The van der Waals surface area contributed by atoms with Crippen LogP contribution in [0.1, 0.15) is 46.5 Å². The van der Waals surface area contributed by atoms with Crippen LogP contribution in [0.5, 0.6) is 11.6 Å². The van der Waals surface area contributed by atoms with E-state index >= 15 is 0 Å². The Bertz CT molecular complexity index is 1400. The Morgan fingerprint density at radius 2 is 1.76 bits per heavy atom. The number of rotatable bonds is 7. The molecule has 4 aromatic rings. The Hall–Kier alpha value is -3.92. The van der Waals surface area contributed by atoms with Crippen LogP contribution in [0, 0.1) is 5.82 Å². The van der Waals surface area contributed by atoms with Gasteiger partial charge in [0.25, 0.3) is 11.8 Å². The zero-order valence-corrected chi connectivity index (χ0v) is 21.0. The van der Waals surface area contributed by atoms with Crippen LogP contribution in [0.2, 0.25) is 0 Å². The average molecular weight is 520 g/mol. The number of carbonyl (C=O) groups excluding carboxylic acids is 2. The van der Waals surface area contributed by atoms with E-state index in [-0.39, 0.29) is 29.4 Å². The maximum Gasteiger partial charge on any atom is 0.272 e. The molecular weight excluding hydrogens is 493 g/mol. The molecule has 1 aliphatic carbocycles. The van der Waals surface area contributed by atoms with Crippen molar-refractivity contribution in [2.24, 2.45) is 0 Å². The highest BCUT2D eigenvalue weighted by Gasteiger charge is 2.26. The molecule has 1 fully saturated rings. The molecule has 0 atom stereocenters. The SMILES string of the molecule is CSc1cccc(Oc2ncc(F)cc2C(=O)NC2CCC(NC(=O)c3cc4ccccn4n3)CC2)c1. The van der Waals surface area contributed by atoms with Gasteiger partial charge in [0.15, 0.2) is 5.69 Å². The van der Waals surface area contributed by atoms with E-state index in [9.17, 15) is 14.0 Å². The number of amides is 2. The van der Waals surface area contributed by atoms with Gasteiger partial charge in [-0.25, -0.2) is 13.9 Å². The highest BCUT2D eigenvalue weighted by molar-refractivity contribution is 7.98. The molecule has 190 valence electrons. The summed E-state index contributed by atoms with van der Waals surface area (Å²) in [5.74, 6) is -0.712. The molecule has 37 heavy (non-hydrogen) atoms. The van der Waals surface area contributed by atoms with Crippen LogP contribution in [-0.2, 0) is 0 Å². The van der Waals surface area contributed by atoms with Crippen molar-refractivity contribution in [2.45, 2.75) is 42.7 Å². The topological polar surface area (TPSA) is 97.6 Å². The standard InChI is InChI=1S/C27H26FN5O3S/c1-37-22-7-4-6-21(15-22)36-27-23(13-17(28)16-29-27)25(34)30-18-8-10-19(11-9-18)31-26(35)24-14-20-5-2-3-12-33(20)32-24/h2-7,12-16,18-19H,8-11H2,1H3,(H,30,34)(H,31,35). The Morgan fingerprint density at radius 3 is 2.49 bits per heavy atom. The molecular formula is C27H26FN5O3S. The van der Waals surface area contributed by atoms with E-state index in [1.807, 2.05) is 42.7 Å². The van der Waals surface area contributed by atoms with Crippen molar-refractivity contribution >= 4 is 29.1 Å². The number of ether oxygens (including phenoxy) is 1. The van der Waals surface area contributed by atoms with Gasteiger partial charge in [-0.05, 0) is 74.4 Å². The number of hydrogen-bond donors (Lipinski definition) is 2. The molecule has 3 heterocycles. The van der Waals surface area contributed by atoms with Gasteiger partial charge in [-0.1, -0.05) is 12.1 Å². The van der Waals surface area contributed by atoms with Crippen molar-refractivity contribution in [1.29, 1.82) is 0 Å². The van der Waals surface area contributed by atoms with Gasteiger partial charge in [0.05, 0.1) is 11.7 Å². The molecule has 0 bridgehead atoms. The number of pyridine rings is 2. The summed E-state index contributed by atoms with van der Waals surface area (Å²) in [5.41, 5.74) is 1.26. The molecule has 0 aliphatic heterocycles. The van der Waals surface area contributed by atoms with Crippen LogP contribution in [0.3, 0.4) is 0 Å². The minimum Gasteiger partial charge on any atom is -0.438 e. The van der Waals surface area contributed by atoms with Crippen molar-refractivity contribution in [3.05, 3.63) is 84.1 Å². The van der Waals surface area contributed by atoms with Gasteiger partial charge in [0, 0.05) is 23.2 Å². The van der Waals surface area contributed by atoms with Gasteiger partial charge < -0.3 is 15.4 Å². The minimum atomic E-state index is -0.617. The Kier molecular flexibility index (Phi) is 7.36. The second-order valence-electron chi connectivity index (χ2n) is 8.88. The summed E-state index contributed by atoms with van der Waals surface area (Å²) in [7, 11) is 0. The largest absolute Gasteiger partial charge is 0.438 e. The molecule has 8 nitrogen and oxygen atoms in total. The number of aromatic nitrogens is 3. The Balaban J connectivity index is 1.18. The van der Waals surface area contributed by atoms with E-state index in [0.29, 0.717) is 37.1 Å². The van der Waals surface area contributed by atoms with Crippen LogP contribution >= 0.6 is 11.8 Å². The average Bonchev–Trinajstić information content (AvgIpc) is 3.35. The molecule has 2 amide bonds. The molecule has 3 aromatic heterocycles. The molecule has 10 heteroatoms. The molecule has 0 spiro atoms. The monoisotopic (exact) mass is 519 g/mol. The third-order valence-corrected chi connectivity index (χ3v) is 7.04. The highest BCUT2D eigenvalue weighted by Crippen LogP contribution is 2.28. The number of hydrogen-bond acceptors (Lipinski definition) is 6. The molecule has 1 aromatic carbocycles. The zero-order valence-electron chi connectivity index (χ0n) is 20.2. The number of benzene rings is 1. The summed E-state index contributed by atoms with van der Waals surface area (Å²) in [6.07, 6.45) is 7.54. The van der Waals surface area contributed by atoms with Crippen LogP contribution in [0.25, 0.3) is 5.52 Å². The van der Waals surface area contributed by atoms with E-state index in [1.54, 1.807) is 34.6 Å². The Labute approximate surface area is 217 Å². The van der Waals surface area contributed by atoms with Gasteiger partial charge >= 0.3 is 0 Å². The van der Waals surface area contributed by atoms with Crippen LogP contribution < -0.4 is 15.4 Å². The first-order valence-electron chi connectivity index (χ1n) is 12.0. The minimum absolute atomic E-state index is 0.0103. The maximum atomic E-state index is 14.0. The third-order valence-electron chi connectivity index (χ3n) is 6.32. The summed E-state index contributed by atoms with van der Waals surface area (Å²) < 4.78 is 21.5. The third kappa shape index (κ3) is 5.91. The number of halogens is 1. The second-order valence-corrected chi connectivity index (χ2v) is 9.76. The molecule has 5 rings (SSSR count). The summed E-state index contributed by atoms with van der Waals surface area (Å²) in [4.78, 5) is 30.7. The normalized spacial score (nSPS) is 17.4. The zero-order chi connectivity index (χ0) is 25.8. The lowest BCUT2D eigenvalue weighted by Crippen LogP contribution is -2.44. The van der Waals surface area contributed by atoms with Gasteiger partial charge in [-0.2, -0.15) is 5.10 Å². The lowest BCUT2D eigenvalue weighted by molar-refractivity contribution is 0.0887. The van der Waals surface area contributed by atoms with E-state index in [1.165, 1.54) is 0 Å². The summed E-state index contributed by atoms with van der Waals surface area (Å²) in [6.45, 7) is 0. The molecule has 0 radical (unpaired) electrons. The van der Waals surface area contributed by atoms with Crippen molar-refractivity contribution < 1.29 is 18.7 Å². The predicted octanol–water partition coefficient (Wildman–Crippen LogP) is 4.85. The molecule has 0 saturated heterocycles. The summed E-state index contributed by atoms with van der Waals surface area (Å²) >= 11 is 1.56. The number of nitrogens with zero attached hydrogens (tertiary/aromatic N) is 3. The maximum absolute atomic E-state index is 14.0. The van der Waals surface area contributed by atoms with E-state index in [0.717, 1.165) is 22.7 Å². The van der Waals surface area contributed by atoms with Gasteiger partial charge in [0.1, 0.15) is 17.1 Å². The molecule has 0 unspecified atom stereocenters. The van der Waals surface area contributed by atoms with Crippen molar-refractivity contribution in [1.82, 2.24) is 25.2 Å². The Morgan fingerprint density at radius 1 is 1.00 bits per heavy atom. The van der Waals surface area contributed by atoms with E-state index in [4.69, 9.17) is 4.74 Å². The highest BCUT2D eigenvalue weighted by atomic mass is 32.2. The molecule has 1 aliphatic rings. The van der Waals surface area contributed by atoms with Crippen molar-refractivity contribution in [3.8, 4) is 11.6 Å². The van der Waals surface area contributed by atoms with Gasteiger partial charge in [0.2, 0.25) is 5.88 Å². The summed E-state index contributed by atoms with van der Waals surface area (Å²) in [6, 6.07) is 15.8. The van der Waals surface area contributed by atoms with Crippen molar-refractivity contribution in [3.63, 3.8) is 0 Å². The lowest BCUT2D eigenvalue weighted by atomic mass is 9.91. The van der Waals surface area contributed by atoms with Crippen molar-refractivity contribution in [2.75, 3.05) is 6.26 Å². The van der Waals surface area contributed by atoms with E-state index < -0.39 is 11.7 Å². The van der Waals surface area contributed by atoms with Gasteiger partial charge in [-0.15, -0.1) is 11.8 Å². The smallest absolute Gasteiger partial charge is 0.272 e. The second kappa shape index (κ2) is 11.0. The molecule has 1 saturated carbocycles. The van der Waals surface area contributed by atoms with Gasteiger partial charge in [-0.3, -0.25) is 9.59 Å². The van der Waals surface area contributed by atoms with Crippen LogP contribution in [0.15, 0.2) is 71.9 Å². The first-order chi connectivity index (χ1) is 18.0. The first-order valence-corrected chi connectivity index (χ1v) is 13.2. The fraction of sp³-hybridized carbons (Fsp3) is 0.259. The van der Waals surface area contributed by atoms with Crippen LogP contribution in [0.4, 0.5) is 4.39 Å². The predicted molar refractivity (Wildman–Crippen MR) is 139 cm³/mol. The lowest BCUT2D eigenvalue weighted by Gasteiger charge is -2.29. The fourth-order valence-corrected chi connectivity index (χ4v) is 4.85. The molecule has 2 N–H and O–H groups in total. The number of thioether (sulfide) groups is 1. The number of carbonyl (C=O) groups is 2. The fourth-order valence-electron chi connectivity index (χ4n) is 4.40. The quantitative estimate of drug-likeness (QED) is 0.339.